The molecule has 134 valence electrons. The summed E-state index contributed by atoms with van der Waals surface area (Å²) in [4.78, 5) is 27.1. The van der Waals surface area contributed by atoms with E-state index in [0.29, 0.717) is 11.9 Å². The van der Waals surface area contributed by atoms with Crippen molar-refractivity contribution in [2.75, 3.05) is 0 Å². The minimum Gasteiger partial charge on any atom is -0.280 e. The highest BCUT2D eigenvalue weighted by molar-refractivity contribution is 7.18. The summed E-state index contributed by atoms with van der Waals surface area (Å²) in [5, 5.41) is 0.698. The Hall–Kier alpha value is -2.14. The van der Waals surface area contributed by atoms with Gasteiger partial charge in [-0.1, -0.05) is 50.6 Å². The van der Waals surface area contributed by atoms with E-state index in [1.807, 2.05) is 58.9 Å². The van der Waals surface area contributed by atoms with Crippen LogP contribution in [0.5, 0.6) is 0 Å². The Morgan fingerprint density at radius 2 is 1.64 bits per heavy atom. The molecule has 0 saturated carbocycles. The molecule has 3 rings (SSSR count). The van der Waals surface area contributed by atoms with Crippen LogP contribution in [0.15, 0.2) is 33.9 Å². The third kappa shape index (κ3) is 3.47. The van der Waals surface area contributed by atoms with E-state index in [1.165, 1.54) is 21.5 Å². The number of rotatable bonds is 3. The van der Waals surface area contributed by atoms with Gasteiger partial charge in [0.25, 0.3) is 5.56 Å². The van der Waals surface area contributed by atoms with E-state index in [4.69, 9.17) is 0 Å². The van der Waals surface area contributed by atoms with Crippen LogP contribution in [-0.4, -0.2) is 9.13 Å². The van der Waals surface area contributed by atoms with Gasteiger partial charge in [-0.05, 0) is 31.4 Å². The molecule has 3 aromatic rings. The standard InChI is InChI=1S/C18H20N2O2S.C2H6/c1-5-14-12(3)23-17-15(14)16(21)19(4)18(22)20(17)10-13-8-6-11(2)7-9-13;1-2/h6-9H,5,10H2,1-4H3;1-2H3. The van der Waals surface area contributed by atoms with Crippen LogP contribution >= 0.6 is 11.3 Å². The fraction of sp³-hybridized carbons (Fsp3) is 0.400. The maximum Gasteiger partial charge on any atom is 0.332 e. The average Bonchev–Trinajstić information content (AvgIpc) is 2.96. The predicted octanol–water partition coefficient (Wildman–Crippen LogP) is 4.02. The average molecular weight is 359 g/mol. The monoisotopic (exact) mass is 358 g/mol. The molecule has 0 fully saturated rings. The Morgan fingerprint density at radius 1 is 1.04 bits per heavy atom. The summed E-state index contributed by atoms with van der Waals surface area (Å²) in [6, 6.07) is 8.13. The Balaban J connectivity index is 0.00000109. The van der Waals surface area contributed by atoms with Gasteiger partial charge in [-0.2, -0.15) is 0 Å². The molecule has 1 aromatic carbocycles. The van der Waals surface area contributed by atoms with Crippen molar-refractivity contribution in [3.63, 3.8) is 0 Å². The number of hydrogen-bond donors (Lipinski definition) is 0. The molecule has 0 bridgehead atoms. The summed E-state index contributed by atoms with van der Waals surface area (Å²) >= 11 is 1.54. The molecule has 0 N–H and O–H groups in total. The lowest BCUT2D eigenvalue weighted by Crippen LogP contribution is -2.38. The number of nitrogens with zero attached hydrogens (tertiary/aromatic N) is 2. The zero-order chi connectivity index (χ0) is 18.7. The molecule has 0 amide bonds. The van der Waals surface area contributed by atoms with Crippen molar-refractivity contribution in [1.29, 1.82) is 0 Å². The van der Waals surface area contributed by atoms with Crippen molar-refractivity contribution in [3.8, 4) is 0 Å². The van der Waals surface area contributed by atoms with Gasteiger partial charge < -0.3 is 0 Å². The van der Waals surface area contributed by atoms with Crippen LogP contribution in [0, 0.1) is 13.8 Å². The first kappa shape index (κ1) is 19.2. The molecule has 0 radical (unpaired) electrons. The van der Waals surface area contributed by atoms with Crippen molar-refractivity contribution < 1.29 is 0 Å². The Labute approximate surface area is 152 Å². The topological polar surface area (TPSA) is 44.0 Å². The third-order valence-electron chi connectivity index (χ3n) is 4.29. The van der Waals surface area contributed by atoms with E-state index >= 15 is 0 Å². The van der Waals surface area contributed by atoms with Gasteiger partial charge in [-0.15, -0.1) is 11.3 Å². The highest BCUT2D eigenvalue weighted by atomic mass is 32.1. The first-order valence-corrected chi connectivity index (χ1v) is 9.53. The minimum absolute atomic E-state index is 0.189. The summed E-state index contributed by atoms with van der Waals surface area (Å²) in [5.74, 6) is 0. The Kier molecular flexibility index (Phi) is 6.01. The molecule has 5 heteroatoms. The fourth-order valence-electron chi connectivity index (χ4n) is 2.94. The van der Waals surface area contributed by atoms with Gasteiger partial charge in [0.1, 0.15) is 4.83 Å². The van der Waals surface area contributed by atoms with Crippen LogP contribution < -0.4 is 11.2 Å². The molecular weight excluding hydrogens is 332 g/mol. The van der Waals surface area contributed by atoms with Gasteiger partial charge in [0.05, 0.1) is 11.9 Å². The van der Waals surface area contributed by atoms with Gasteiger partial charge >= 0.3 is 5.69 Å². The van der Waals surface area contributed by atoms with Crippen LogP contribution in [0.2, 0.25) is 0 Å². The maximum atomic E-state index is 12.6. The lowest BCUT2D eigenvalue weighted by atomic mass is 10.1. The zero-order valence-electron chi connectivity index (χ0n) is 15.8. The molecule has 0 atom stereocenters. The molecule has 2 heterocycles. The molecule has 0 aliphatic carbocycles. The summed E-state index contributed by atoms with van der Waals surface area (Å²) in [7, 11) is 1.56. The number of benzene rings is 1. The van der Waals surface area contributed by atoms with Gasteiger partial charge in [0.15, 0.2) is 0 Å². The van der Waals surface area contributed by atoms with E-state index in [1.54, 1.807) is 11.6 Å². The van der Waals surface area contributed by atoms with Crippen LogP contribution in [0.4, 0.5) is 0 Å². The smallest absolute Gasteiger partial charge is 0.280 e. The first-order valence-electron chi connectivity index (χ1n) is 8.71. The second-order valence-corrected chi connectivity index (χ2v) is 7.09. The first-order chi connectivity index (χ1) is 11.9. The summed E-state index contributed by atoms with van der Waals surface area (Å²) in [6.45, 7) is 10.6. The van der Waals surface area contributed by atoms with E-state index < -0.39 is 0 Å². The maximum absolute atomic E-state index is 12.6. The second-order valence-electron chi connectivity index (χ2n) is 5.89. The number of aryl methyl sites for hydroxylation is 3. The van der Waals surface area contributed by atoms with Gasteiger partial charge in [-0.25, -0.2) is 4.79 Å². The van der Waals surface area contributed by atoms with Gasteiger partial charge in [0.2, 0.25) is 0 Å². The van der Waals surface area contributed by atoms with Crippen molar-refractivity contribution >= 4 is 21.6 Å². The molecule has 0 unspecified atom stereocenters. The van der Waals surface area contributed by atoms with Crippen molar-refractivity contribution in [1.82, 2.24) is 9.13 Å². The van der Waals surface area contributed by atoms with Crippen LogP contribution in [-0.2, 0) is 20.0 Å². The highest BCUT2D eigenvalue weighted by Gasteiger charge is 2.18. The van der Waals surface area contributed by atoms with Gasteiger partial charge in [-0.3, -0.25) is 13.9 Å². The lowest BCUT2D eigenvalue weighted by molar-refractivity contribution is 0.677. The Bertz CT molecular complexity index is 992. The summed E-state index contributed by atoms with van der Waals surface area (Å²) in [5.41, 5.74) is 2.86. The third-order valence-corrected chi connectivity index (χ3v) is 5.46. The van der Waals surface area contributed by atoms with Crippen LogP contribution in [0.25, 0.3) is 10.2 Å². The molecule has 2 aromatic heterocycles. The van der Waals surface area contributed by atoms with E-state index in [2.05, 4.69) is 0 Å². The van der Waals surface area contributed by atoms with Crippen LogP contribution in [0.1, 0.15) is 42.3 Å². The normalized spacial score (nSPS) is 10.6. The lowest BCUT2D eigenvalue weighted by Gasteiger charge is -2.10. The summed E-state index contributed by atoms with van der Waals surface area (Å²) in [6.07, 6.45) is 0.795. The molecule has 0 aliphatic rings. The zero-order valence-corrected chi connectivity index (χ0v) is 16.7. The van der Waals surface area contributed by atoms with E-state index in [9.17, 15) is 9.59 Å². The molecular formula is C20H26N2O2S. The van der Waals surface area contributed by atoms with Gasteiger partial charge in [0, 0.05) is 11.9 Å². The molecule has 0 saturated heterocycles. The quantitative estimate of drug-likeness (QED) is 0.710. The number of fused-ring (bicyclic) bond motifs is 1. The summed E-state index contributed by atoms with van der Waals surface area (Å²) < 4.78 is 2.94. The van der Waals surface area contributed by atoms with E-state index in [-0.39, 0.29) is 11.2 Å². The van der Waals surface area contributed by atoms with Crippen LogP contribution in [0.3, 0.4) is 0 Å². The van der Waals surface area contributed by atoms with Crippen molar-refractivity contribution in [2.24, 2.45) is 7.05 Å². The predicted molar refractivity (Wildman–Crippen MR) is 107 cm³/mol. The molecule has 4 nitrogen and oxygen atoms in total. The van der Waals surface area contributed by atoms with E-state index in [0.717, 1.165) is 27.3 Å². The van der Waals surface area contributed by atoms with Crippen molar-refractivity contribution in [3.05, 3.63) is 66.7 Å². The Morgan fingerprint density at radius 3 is 2.20 bits per heavy atom. The minimum atomic E-state index is -0.257. The molecule has 0 spiro atoms. The second kappa shape index (κ2) is 7.83. The highest BCUT2D eigenvalue weighted by Crippen LogP contribution is 2.28. The van der Waals surface area contributed by atoms with Crippen molar-refractivity contribution in [2.45, 2.75) is 47.6 Å². The number of aromatic nitrogens is 2. The molecule has 0 aliphatic heterocycles. The number of hydrogen-bond acceptors (Lipinski definition) is 3. The fourth-order valence-corrected chi connectivity index (χ4v) is 4.16. The molecule has 25 heavy (non-hydrogen) atoms. The number of thiophene rings is 1. The SMILES string of the molecule is CC.CCc1c(C)sc2c1c(=O)n(C)c(=O)n2Cc1ccc(C)cc1. The largest absolute Gasteiger partial charge is 0.332 e.